The first kappa shape index (κ1) is 23.5. The van der Waals surface area contributed by atoms with Gasteiger partial charge in [-0.15, -0.1) is 0 Å². The molecule has 2 unspecified atom stereocenters. The quantitative estimate of drug-likeness (QED) is 0.528. The van der Waals surface area contributed by atoms with Gasteiger partial charge in [0, 0.05) is 18.2 Å². The molecule has 6 nitrogen and oxygen atoms in total. The molecule has 1 heterocycles. The maximum Gasteiger partial charge on any atom is 0.410 e. The Kier molecular flexibility index (Phi) is 6.53. The molecule has 3 aliphatic carbocycles. The van der Waals surface area contributed by atoms with Crippen molar-refractivity contribution < 1.29 is 23.5 Å². The van der Waals surface area contributed by atoms with E-state index >= 15 is 0 Å². The minimum Gasteiger partial charge on any atom is -0.484 e. The van der Waals surface area contributed by atoms with Crippen LogP contribution < -0.4 is 10.1 Å². The summed E-state index contributed by atoms with van der Waals surface area (Å²) >= 11 is 17.9. The largest absolute Gasteiger partial charge is 0.484 e. The number of rotatable bonds is 6. The number of amides is 2. The van der Waals surface area contributed by atoms with Gasteiger partial charge in [0.15, 0.2) is 6.61 Å². The maximum absolute atomic E-state index is 13.6. The predicted octanol–water partition coefficient (Wildman–Crippen LogP) is 5.64. The van der Waals surface area contributed by atoms with Crippen LogP contribution in [0.2, 0.25) is 15.1 Å². The van der Waals surface area contributed by atoms with Gasteiger partial charge in [-0.3, -0.25) is 9.69 Å². The highest BCUT2D eigenvalue weighted by Gasteiger charge is 2.52. The Labute approximate surface area is 211 Å². The van der Waals surface area contributed by atoms with E-state index in [-0.39, 0.29) is 54.1 Å². The van der Waals surface area contributed by atoms with Crippen LogP contribution in [-0.2, 0) is 9.53 Å². The van der Waals surface area contributed by atoms with E-state index in [1.165, 1.54) is 12.1 Å². The fourth-order valence-electron chi connectivity index (χ4n) is 5.25. The van der Waals surface area contributed by atoms with Crippen molar-refractivity contribution in [3.8, 4) is 5.75 Å². The molecule has 0 spiro atoms. The SMILES string of the molecule is O=C(COc1ccc(Cl)c(F)c1)NC1CC(N2C(=O)OC[C@@H]2c2ccc(Cl)c(Cl)c2)C2CC1C2. The monoisotopic (exact) mass is 526 g/mol. The molecule has 1 saturated heterocycles. The summed E-state index contributed by atoms with van der Waals surface area (Å²) in [5.41, 5.74) is 0.867. The van der Waals surface area contributed by atoms with Gasteiger partial charge >= 0.3 is 6.09 Å². The topological polar surface area (TPSA) is 67.9 Å². The molecule has 6 rings (SSSR count). The molecule has 4 aliphatic rings. The second-order valence-corrected chi connectivity index (χ2v) is 10.2. The van der Waals surface area contributed by atoms with Gasteiger partial charge < -0.3 is 14.8 Å². The van der Waals surface area contributed by atoms with Gasteiger partial charge in [0.25, 0.3) is 5.91 Å². The second-order valence-electron chi connectivity index (χ2n) is 9.01. The van der Waals surface area contributed by atoms with Gasteiger partial charge in [0.2, 0.25) is 0 Å². The molecule has 1 N–H and O–H groups in total. The van der Waals surface area contributed by atoms with Crippen LogP contribution in [0.25, 0.3) is 0 Å². The molecule has 180 valence electrons. The molecule has 0 radical (unpaired) electrons. The maximum atomic E-state index is 13.6. The van der Waals surface area contributed by atoms with E-state index in [4.69, 9.17) is 44.3 Å². The molecule has 1 aliphatic heterocycles. The number of cyclic esters (lactones) is 1. The molecule has 34 heavy (non-hydrogen) atoms. The number of ether oxygens (including phenoxy) is 2. The van der Waals surface area contributed by atoms with Crippen molar-refractivity contribution in [2.45, 2.75) is 37.4 Å². The molecule has 2 bridgehead atoms. The fraction of sp³-hybridized carbons (Fsp3) is 0.417. The summed E-state index contributed by atoms with van der Waals surface area (Å²) in [6.45, 7) is 0.00199. The zero-order valence-corrected chi connectivity index (χ0v) is 20.2. The molecule has 3 atom stereocenters. The summed E-state index contributed by atoms with van der Waals surface area (Å²) < 4.78 is 24.4. The van der Waals surface area contributed by atoms with E-state index < -0.39 is 5.82 Å². The van der Waals surface area contributed by atoms with Crippen molar-refractivity contribution in [1.29, 1.82) is 0 Å². The van der Waals surface area contributed by atoms with E-state index in [0.29, 0.717) is 28.3 Å². The van der Waals surface area contributed by atoms with Crippen LogP contribution in [0.5, 0.6) is 5.75 Å². The van der Waals surface area contributed by atoms with E-state index in [2.05, 4.69) is 5.32 Å². The Bertz CT molecular complexity index is 1130. The Hall–Kier alpha value is -2.22. The van der Waals surface area contributed by atoms with Gasteiger partial charge in [-0.1, -0.05) is 40.9 Å². The third-order valence-electron chi connectivity index (χ3n) is 7.02. The van der Waals surface area contributed by atoms with Crippen molar-refractivity contribution in [1.82, 2.24) is 10.2 Å². The minimum absolute atomic E-state index is 0.01000. The molecule has 4 fully saturated rings. The number of carbonyl (C=O) groups is 2. The van der Waals surface area contributed by atoms with Crippen LogP contribution in [-0.4, -0.2) is 42.2 Å². The molecule has 3 saturated carbocycles. The number of halogens is 4. The van der Waals surface area contributed by atoms with Crippen molar-refractivity contribution in [3.63, 3.8) is 0 Å². The standard InChI is InChI=1S/C24H22Cl3FN2O4/c25-16-3-1-12(7-18(16)27)22-10-34-24(32)30(22)21-9-20(13-5-14(21)6-13)29-23(31)11-33-15-2-4-17(26)19(28)8-15/h1-4,7-8,13-14,20-22H,5-6,9-11H2,(H,29,31)/t13?,14?,20?,21?,22-/m1/s1. The molecule has 10 heteroatoms. The Balaban J connectivity index is 1.24. The lowest BCUT2D eigenvalue weighted by Crippen LogP contribution is -2.60. The lowest BCUT2D eigenvalue weighted by Gasteiger charge is -2.54. The van der Waals surface area contributed by atoms with Crippen LogP contribution >= 0.6 is 34.8 Å². The number of fused-ring (bicyclic) bond motifs is 2. The molecular formula is C24H22Cl3FN2O4. The van der Waals surface area contributed by atoms with Crippen LogP contribution in [0.15, 0.2) is 36.4 Å². The third kappa shape index (κ3) is 4.53. The molecule has 2 amide bonds. The van der Waals surface area contributed by atoms with Gasteiger partial charge in [-0.25, -0.2) is 9.18 Å². The second kappa shape index (κ2) is 9.44. The van der Waals surface area contributed by atoms with Crippen LogP contribution in [0, 0.1) is 17.7 Å². The van der Waals surface area contributed by atoms with Crippen molar-refractivity contribution in [2.24, 2.45) is 11.8 Å². The van der Waals surface area contributed by atoms with Crippen molar-refractivity contribution in [3.05, 3.63) is 62.8 Å². The van der Waals surface area contributed by atoms with Crippen LogP contribution in [0.1, 0.15) is 30.9 Å². The lowest BCUT2D eigenvalue weighted by molar-refractivity contribution is -0.126. The summed E-state index contributed by atoms with van der Waals surface area (Å²) in [4.78, 5) is 27.1. The van der Waals surface area contributed by atoms with Gasteiger partial charge in [0.1, 0.15) is 18.2 Å². The van der Waals surface area contributed by atoms with Crippen LogP contribution in [0.4, 0.5) is 9.18 Å². The highest BCUT2D eigenvalue weighted by atomic mass is 35.5. The van der Waals surface area contributed by atoms with Crippen molar-refractivity contribution in [2.75, 3.05) is 13.2 Å². The number of nitrogens with zero attached hydrogens (tertiary/aromatic N) is 1. The summed E-state index contributed by atoms with van der Waals surface area (Å²) in [5, 5.41) is 3.91. The normalized spacial score (nSPS) is 27.7. The first-order valence-electron chi connectivity index (χ1n) is 11.1. The molecule has 0 aromatic heterocycles. The minimum atomic E-state index is -0.607. The average Bonchev–Trinajstić information content (AvgIpc) is 3.17. The molecule has 2 aromatic rings. The third-order valence-corrected chi connectivity index (χ3v) is 8.07. The molecular weight excluding hydrogens is 506 g/mol. The Morgan fingerprint density at radius 3 is 2.56 bits per heavy atom. The predicted molar refractivity (Wildman–Crippen MR) is 126 cm³/mol. The van der Waals surface area contributed by atoms with E-state index in [0.717, 1.165) is 24.5 Å². The fourth-order valence-corrected chi connectivity index (χ4v) is 5.68. The summed E-state index contributed by atoms with van der Waals surface area (Å²) in [6.07, 6.45) is 2.13. The number of hydrogen-bond donors (Lipinski definition) is 1. The zero-order chi connectivity index (χ0) is 24.0. The lowest BCUT2D eigenvalue weighted by atomic mass is 9.59. The molecule has 2 aromatic carbocycles. The smallest absolute Gasteiger partial charge is 0.410 e. The van der Waals surface area contributed by atoms with Crippen molar-refractivity contribution >= 4 is 46.8 Å². The van der Waals surface area contributed by atoms with E-state index in [1.54, 1.807) is 17.0 Å². The Morgan fingerprint density at radius 1 is 1.06 bits per heavy atom. The van der Waals surface area contributed by atoms with Gasteiger partial charge in [-0.2, -0.15) is 0 Å². The highest BCUT2D eigenvalue weighted by molar-refractivity contribution is 6.42. The van der Waals surface area contributed by atoms with E-state index in [1.807, 2.05) is 6.07 Å². The first-order chi connectivity index (χ1) is 16.3. The summed E-state index contributed by atoms with van der Waals surface area (Å²) in [7, 11) is 0. The first-order valence-corrected chi connectivity index (χ1v) is 12.2. The van der Waals surface area contributed by atoms with Gasteiger partial charge in [0.05, 0.1) is 21.1 Å². The number of carbonyl (C=O) groups excluding carboxylic acids is 2. The number of benzene rings is 2. The number of hydrogen-bond acceptors (Lipinski definition) is 4. The van der Waals surface area contributed by atoms with Crippen LogP contribution in [0.3, 0.4) is 0 Å². The Morgan fingerprint density at radius 2 is 1.82 bits per heavy atom. The summed E-state index contributed by atoms with van der Waals surface area (Å²) in [5.74, 6) is 0.0490. The number of nitrogens with one attached hydrogen (secondary N) is 1. The van der Waals surface area contributed by atoms with E-state index in [9.17, 15) is 14.0 Å². The van der Waals surface area contributed by atoms with Gasteiger partial charge in [-0.05, 0) is 60.9 Å². The average molecular weight is 528 g/mol. The zero-order valence-electron chi connectivity index (χ0n) is 18.0. The highest BCUT2D eigenvalue weighted by Crippen LogP contribution is 2.50. The summed E-state index contributed by atoms with van der Waals surface area (Å²) in [6, 6.07) is 8.97.